The summed E-state index contributed by atoms with van der Waals surface area (Å²) in [6, 6.07) is 4.45. The van der Waals surface area contributed by atoms with Crippen LogP contribution in [0.25, 0.3) is 11.2 Å². The van der Waals surface area contributed by atoms with Gasteiger partial charge >= 0.3 is 0 Å². The van der Waals surface area contributed by atoms with Gasteiger partial charge in [0.05, 0.1) is 35.9 Å². The summed E-state index contributed by atoms with van der Waals surface area (Å²) in [7, 11) is 1.64. The lowest BCUT2D eigenvalue weighted by atomic mass is 10.1. The molecule has 4 rings (SSSR count). The Balaban J connectivity index is 1.73. The van der Waals surface area contributed by atoms with E-state index in [1.54, 1.807) is 26.4 Å². The van der Waals surface area contributed by atoms with Gasteiger partial charge in [-0.05, 0) is 24.6 Å². The summed E-state index contributed by atoms with van der Waals surface area (Å²) in [5.74, 6) is -0.783. The standard InChI is InChI=1S/C23H26FN7O2/c1-14-7-17(24)16(23(26)32)8-18(14)28-11-15(10-25)19-12-29-22-9-21(33-2)20(13-31(19)22)30-5-3-27-4-6-30/h7-13,27H,3-6,25H2,1-2H3,(H2,26,32)/b15-10+,28-11?. The SMILES string of the molecule is COc1cc2ncc(/C(C=Nc3cc(C(N)=O)c(F)cc3C)=C/N)n2cc1N1CCNCC1. The Morgan fingerprint density at radius 3 is 2.73 bits per heavy atom. The molecule has 9 nitrogen and oxygen atoms in total. The van der Waals surface area contributed by atoms with Crippen LogP contribution in [0, 0.1) is 12.7 Å². The molecule has 3 heterocycles. The molecule has 0 radical (unpaired) electrons. The van der Waals surface area contributed by atoms with Crippen molar-refractivity contribution in [2.75, 3.05) is 38.2 Å². The molecule has 0 aliphatic carbocycles. The molecule has 5 N–H and O–H groups in total. The second kappa shape index (κ2) is 9.29. The lowest BCUT2D eigenvalue weighted by Crippen LogP contribution is -2.43. The van der Waals surface area contributed by atoms with Crippen molar-refractivity contribution in [3.8, 4) is 5.75 Å². The molecule has 2 aromatic heterocycles. The predicted molar refractivity (Wildman–Crippen MR) is 127 cm³/mol. The van der Waals surface area contributed by atoms with Crippen molar-refractivity contribution in [3.63, 3.8) is 0 Å². The fourth-order valence-electron chi connectivity index (χ4n) is 3.84. The Labute approximate surface area is 190 Å². The zero-order valence-electron chi connectivity index (χ0n) is 18.5. The molecule has 0 spiro atoms. The lowest BCUT2D eigenvalue weighted by Gasteiger charge is -2.30. The number of nitrogens with two attached hydrogens (primary N) is 2. The number of rotatable bonds is 6. The molecule has 0 bridgehead atoms. The number of carbonyl (C=O) groups is 1. The third-order valence-electron chi connectivity index (χ3n) is 5.64. The largest absolute Gasteiger partial charge is 0.494 e. The van der Waals surface area contributed by atoms with Crippen molar-refractivity contribution >= 4 is 34.7 Å². The Hall–Kier alpha value is -3.92. The van der Waals surface area contributed by atoms with Crippen LogP contribution < -0.4 is 26.4 Å². The fraction of sp³-hybridized carbons (Fsp3) is 0.261. The van der Waals surface area contributed by atoms with Crippen LogP contribution in [0.2, 0.25) is 0 Å². The van der Waals surface area contributed by atoms with Gasteiger partial charge in [0.1, 0.15) is 17.2 Å². The van der Waals surface area contributed by atoms with Gasteiger partial charge in [-0.2, -0.15) is 0 Å². The number of piperazine rings is 1. The molecular weight excluding hydrogens is 425 g/mol. The molecule has 3 aromatic rings. The highest BCUT2D eigenvalue weighted by Gasteiger charge is 2.18. The number of hydrogen-bond donors (Lipinski definition) is 3. The number of nitrogens with zero attached hydrogens (tertiary/aromatic N) is 4. The van der Waals surface area contributed by atoms with E-state index in [0.29, 0.717) is 22.5 Å². The van der Waals surface area contributed by atoms with Crippen LogP contribution in [-0.4, -0.2) is 54.8 Å². The van der Waals surface area contributed by atoms with E-state index in [-0.39, 0.29) is 5.56 Å². The summed E-state index contributed by atoms with van der Waals surface area (Å²) in [6.45, 7) is 5.20. The number of imidazole rings is 1. The Kier molecular flexibility index (Phi) is 6.27. The van der Waals surface area contributed by atoms with Gasteiger partial charge < -0.3 is 26.4 Å². The van der Waals surface area contributed by atoms with Crippen LogP contribution in [0.4, 0.5) is 15.8 Å². The maximum Gasteiger partial charge on any atom is 0.251 e. The first kappa shape index (κ1) is 22.3. The number of nitrogens with one attached hydrogen (secondary N) is 1. The first-order valence-electron chi connectivity index (χ1n) is 10.5. The number of ether oxygens (including phenoxy) is 1. The number of fused-ring (bicyclic) bond motifs is 1. The maximum atomic E-state index is 14.0. The van der Waals surface area contributed by atoms with Gasteiger partial charge in [-0.1, -0.05) is 0 Å². The molecule has 1 saturated heterocycles. The molecular formula is C23H26FN7O2. The molecule has 0 saturated carbocycles. The number of carbonyl (C=O) groups excluding carboxylic acids is 1. The second-order valence-electron chi connectivity index (χ2n) is 7.70. The molecule has 1 aliphatic rings. The normalized spacial score (nSPS) is 14.9. The average molecular weight is 452 g/mol. The molecule has 1 amide bonds. The highest BCUT2D eigenvalue weighted by Crippen LogP contribution is 2.31. The van der Waals surface area contributed by atoms with Gasteiger partial charge in [0.2, 0.25) is 0 Å². The fourth-order valence-corrected chi connectivity index (χ4v) is 3.84. The Morgan fingerprint density at radius 2 is 2.06 bits per heavy atom. The zero-order valence-corrected chi connectivity index (χ0v) is 18.5. The highest BCUT2D eigenvalue weighted by atomic mass is 19.1. The lowest BCUT2D eigenvalue weighted by molar-refractivity contribution is 0.0996. The summed E-state index contributed by atoms with van der Waals surface area (Å²) in [5, 5.41) is 3.35. The zero-order chi connectivity index (χ0) is 23.5. The van der Waals surface area contributed by atoms with Crippen molar-refractivity contribution in [2.45, 2.75) is 6.92 Å². The molecule has 33 heavy (non-hydrogen) atoms. The summed E-state index contributed by atoms with van der Waals surface area (Å²) in [6.07, 6.45) is 6.67. The number of anilines is 1. The molecule has 1 aliphatic heterocycles. The van der Waals surface area contributed by atoms with E-state index in [1.165, 1.54) is 18.3 Å². The summed E-state index contributed by atoms with van der Waals surface area (Å²) in [5.41, 5.74) is 14.9. The number of primary amides is 1. The molecule has 0 atom stereocenters. The third kappa shape index (κ3) is 4.37. The molecule has 10 heteroatoms. The molecule has 172 valence electrons. The van der Waals surface area contributed by atoms with Gasteiger partial charge in [-0.25, -0.2) is 9.37 Å². The minimum absolute atomic E-state index is 0.214. The number of hydrogen-bond acceptors (Lipinski definition) is 7. The van der Waals surface area contributed by atoms with Gasteiger partial charge in [-0.3, -0.25) is 14.2 Å². The first-order chi connectivity index (χ1) is 15.9. The van der Waals surface area contributed by atoms with Crippen LogP contribution in [-0.2, 0) is 0 Å². The molecule has 1 fully saturated rings. The van der Waals surface area contributed by atoms with E-state index >= 15 is 0 Å². The number of aryl methyl sites for hydroxylation is 1. The van der Waals surface area contributed by atoms with E-state index in [2.05, 4.69) is 20.2 Å². The van der Waals surface area contributed by atoms with Gasteiger partial charge in [-0.15, -0.1) is 0 Å². The monoisotopic (exact) mass is 451 g/mol. The second-order valence-corrected chi connectivity index (χ2v) is 7.70. The quantitative estimate of drug-likeness (QED) is 0.493. The highest BCUT2D eigenvalue weighted by molar-refractivity contribution is 6.10. The van der Waals surface area contributed by atoms with Crippen LogP contribution in [0.3, 0.4) is 0 Å². The summed E-state index contributed by atoms with van der Waals surface area (Å²) in [4.78, 5) is 22.7. The van der Waals surface area contributed by atoms with Gasteiger partial charge in [0.15, 0.2) is 0 Å². The number of benzene rings is 1. The van der Waals surface area contributed by atoms with Crippen LogP contribution in [0.5, 0.6) is 5.75 Å². The van der Waals surface area contributed by atoms with Crippen molar-refractivity contribution in [3.05, 3.63) is 59.4 Å². The van der Waals surface area contributed by atoms with Crippen molar-refractivity contribution < 1.29 is 13.9 Å². The van der Waals surface area contributed by atoms with E-state index in [4.69, 9.17) is 16.2 Å². The smallest absolute Gasteiger partial charge is 0.251 e. The molecule has 0 unspecified atom stereocenters. The van der Waals surface area contributed by atoms with Gasteiger partial charge in [0.25, 0.3) is 5.91 Å². The Bertz CT molecular complexity index is 1260. The minimum atomic E-state index is -0.852. The molecule has 1 aromatic carbocycles. The van der Waals surface area contributed by atoms with Crippen molar-refractivity contribution in [1.29, 1.82) is 0 Å². The van der Waals surface area contributed by atoms with E-state index in [1.807, 2.05) is 16.7 Å². The number of amides is 1. The average Bonchev–Trinajstić information content (AvgIpc) is 3.23. The van der Waals surface area contributed by atoms with Crippen LogP contribution in [0.15, 0.2) is 41.8 Å². The van der Waals surface area contributed by atoms with Crippen LogP contribution >= 0.6 is 0 Å². The van der Waals surface area contributed by atoms with Gasteiger partial charge in [0, 0.05) is 56.4 Å². The number of aromatic nitrogens is 2. The third-order valence-corrected chi connectivity index (χ3v) is 5.64. The maximum absolute atomic E-state index is 14.0. The van der Waals surface area contributed by atoms with E-state index in [0.717, 1.165) is 43.3 Å². The summed E-state index contributed by atoms with van der Waals surface area (Å²) >= 11 is 0. The summed E-state index contributed by atoms with van der Waals surface area (Å²) < 4.78 is 21.5. The number of methoxy groups -OCH3 is 1. The van der Waals surface area contributed by atoms with E-state index in [9.17, 15) is 9.18 Å². The van der Waals surface area contributed by atoms with Crippen molar-refractivity contribution in [1.82, 2.24) is 14.7 Å². The topological polar surface area (TPSA) is 123 Å². The number of pyridine rings is 1. The first-order valence-corrected chi connectivity index (χ1v) is 10.5. The van der Waals surface area contributed by atoms with E-state index < -0.39 is 11.7 Å². The number of halogens is 1. The number of allylic oxidation sites excluding steroid dienone is 1. The Morgan fingerprint density at radius 1 is 1.30 bits per heavy atom. The minimum Gasteiger partial charge on any atom is -0.494 e. The predicted octanol–water partition coefficient (Wildman–Crippen LogP) is 2.00. The number of aliphatic imine (C=N–C) groups is 1. The van der Waals surface area contributed by atoms with Crippen molar-refractivity contribution in [2.24, 2.45) is 16.5 Å². The van der Waals surface area contributed by atoms with Crippen LogP contribution in [0.1, 0.15) is 21.6 Å².